The van der Waals surface area contributed by atoms with Gasteiger partial charge >= 0.3 is 5.97 Å². The molecule has 0 unspecified atom stereocenters. The lowest BCUT2D eigenvalue weighted by molar-refractivity contribution is -0.138. The van der Waals surface area contributed by atoms with E-state index in [1.165, 1.54) is 0 Å². The maximum Gasteiger partial charge on any atom is 0.305 e. The molecule has 1 aliphatic rings. The number of benzene rings is 1. The Kier molecular flexibility index (Phi) is 4.57. The number of H-pyrrole nitrogens is 1. The van der Waals surface area contributed by atoms with E-state index < -0.39 is 11.5 Å². The molecule has 7 heteroatoms. The number of aromatic nitrogens is 2. The minimum Gasteiger partial charge on any atom is -0.481 e. The molecule has 0 aliphatic heterocycles. The highest BCUT2D eigenvalue weighted by Gasteiger charge is 2.37. The Labute approximate surface area is 144 Å². The van der Waals surface area contributed by atoms with Gasteiger partial charge in [0.15, 0.2) is 0 Å². The lowest BCUT2D eigenvalue weighted by Crippen LogP contribution is -2.47. The van der Waals surface area contributed by atoms with E-state index in [0.717, 1.165) is 18.4 Å². The van der Waals surface area contributed by atoms with Crippen LogP contribution in [-0.4, -0.2) is 32.7 Å². The van der Waals surface area contributed by atoms with Gasteiger partial charge in [0, 0.05) is 5.56 Å². The number of nitrogens with one attached hydrogen (secondary N) is 2. The van der Waals surface area contributed by atoms with Gasteiger partial charge in [-0.2, -0.15) is 5.10 Å². The first-order chi connectivity index (χ1) is 11.5. The second kappa shape index (κ2) is 6.65. The molecule has 1 aliphatic carbocycles. The van der Waals surface area contributed by atoms with Crippen LogP contribution in [0.25, 0.3) is 11.3 Å². The Balaban J connectivity index is 1.79. The fourth-order valence-corrected chi connectivity index (χ4v) is 3.47. The standard InChI is InChI=1S/C17H18ClN3O3/c18-12-6-2-1-5-11(12)13-9-14(21-20-13)16(24)19-17(10-15(22)23)7-3-4-8-17/h1-2,5-6,9H,3-4,7-8,10H2,(H,19,24)(H,20,21)(H,22,23). The maximum atomic E-state index is 12.5. The number of nitrogens with zero attached hydrogens (tertiary/aromatic N) is 1. The van der Waals surface area contributed by atoms with Gasteiger partial charge in [-0.15, -0.1) is 0 Å². The quantitative estimate of drug-likeness (QED) is 0.773. The molecule has 126 valence electrons. The molecule has 0 bridgehead atoms. The largest absolute Gasteiger partial charge is 0.481 e. The summed E-state index contributed by atoms with van der Waals surface area (Å²) in [6.45, 7) is 0. The van der Waals surface area contributed by atoms with Crippen molar-refractivity contribution in [3.63, 3.8) is 0 Å². The van der Waals surface area contributed by atoms with Crippen LogP contribution in [0.5, 0.6) is 0 Å². The van der Waals surface area contributed by atoms with E-state index >= 15 is 0 Å². The number of aromatic amines is 1. The van der Waals surface area contributed by atoms with Gasteiger partial charge in [-0.25, -0.2) is 0 Å². The van der Waals surface area contributed by atoms with Crippen molar-refractivity contribution in [1.82, 2.24) is 15.5 Å². The molecule has 0 radical (unpaired) electrons. The van der Waals surface area contributed by atoms with Crippen molar-refractivity contribution < 1.29 is 14.7 Å². The van der Waals surface area contributed by atoms with Crippen LogP contribution in [0.3, 0.4) is 0 Å². The predicted molar refractivity (Wildman–Crippen MR) is 90.0 cm³/mol. The number of carboxylic acids is 1. The normalized spacial score (nSPS) is 16.0. The van der Waals surface area contributed by atoms with Crippen molar-refractivity contribution >= 4 is 23.5 Å². The lowest BCUT2D eigenvalue weighted by atomic mass is 9.93. The number of carbonyl (C=O) groups excluding carboxylic acids is 1. The zero-order valence-electron chi connectivity index (χ0n) is 13.0. The van der Waals surface area contributed by atoms with E-state index in [0.29, 0.717) is 29.3 Å². The molecule has 0 atom stereocenters. The van der Waals surface area contributed by atoms with Gasteiger partial charge in [0.25, 0.3) is 5.91 Å². The maximum absolute atomic E-state index is 12.5. The Morgan fingerprint density at radius 3 is 2.67 bits per heavy atom. The van der Waals surface area contributed by atoms with Crippen LogP contribution in [0.1, 0.15) is 42.6 Å². The van der Waals surface area contributed by atoms with E-state index in [-0.39, 0.29) is 12.3 Å². The fourth-order valence-electron chi connectivity index (χ4n) is 3.24. The molecule has 1 aromatic carbocycles. The summed E-state index contributed by atoms with van der Waals surface area (Å²) in [6.07, 6.45) is 3.13. The molecule has 24 heavy (non-hydrogen) atoms. The zero-order valence-corrected chi connectivity index (χ0v) is 13.8. The van der Waals surface area contributed by atoms with Gasteiger partial charge in [-0.05, 0) is 25.0 Å². The SMILES string of the molecule is O=C(O)CC1(NC(=O)c2cc(-c3ccccc3Cl)n[nH]2)CCCC1. The van der Waals surface area contributed by atoms with Crippen molar-refractivity contribution in [3.05, 3.63) is 41.0 Å². The van der Waals surface area contributed by atoms with Gasteiger partial charge in [-0.1, -0.05) is 42.6 Å². The number of aliphatic carboxylic acids is 1. The van der Waals surface area contributed by atoms with Crippen LogP contribution in [0.2, 0.25) is 5.02 Å². The van der Waals surface area contributed by atoms with E-state index in [1.54, 1.807) is 12.1 Å². The van der Waals surface area contributed by atoms with Crippen molar-refractivity contribution in [2.24, 2.45) is 0 Å². The topological polar surface area (TPSA) is 95.1 Å². The first kappa shape index (κ1) is 16.5. The number of halogens is 1. The number of carboxylic acid groups (broad SMARTS) is 1. The molecular formula is C17H18ClN3O3. The third kappa shape index (κ3) is 3.43. The summed E-state index contributed by atoms with van der Waals surface area (Å²) >= 11 is 6.14. The molecule has 1 aromatic heterocycles. The van der Waals surface area contributed by atoms with Crippen molar-refractivity contribution in [2.45, 2.75) is 37.6 Å². The highest BCUT2D eigenvalue weighted by Crippen LogP contribution is 2.33. The van der Waals surface area contributed by atoms with Gasteiger partial charge in [0.2, 0.25) is 0 Å². The Hall–Kier alpha value is -2.34. The summed E-state index contributed by atoms with van der Waals surface area (Å²) in [6, 6.07) is 8.87. The first-order valence-electron chi connectivity index (χ1n) is 7.84. The Morgan fingerprint density at radius 1 is 1.29 bits per heavy atom. The summed E-state index contributed by atoms with van der Waals surface area (Å²) in [5, 5.41) is 19.4. The Morgan fingerprint density at radius 2 is 2.00 bits per heavy atom. The molecule has 1 heterocycles. The molecule has 1 fully saturated rings. The van der Waals surface area contributed by atoms with Crippen molar-refractivity contribution in [1.29, 1.82) is 0 Å². The summed E-state index contributed by atoms with van der Waals surface area (Å²) in [4.78, 5) is 23.6. The van der Waals surface area contributed by atoms with Crippen LogP contribution in [0.4, 0.5) is 0 Å². The van der Waals surface area contributed by atoms with Crippen LogP contribution >= 0.6 is 11.6 Å². The van der Waals surface area contributed by atoms with E-state index in [4.69, 9.17) is 16.7 Å². The van der Waals surface area contributed by atoms with Crippen molar-refractivity contribution in [3.8, 4) is 11.3 Å². The second-order valence-corrected chi connectivity index (χ2v) is 6.57. The smallest absolute Gasteiger partial charge is 0.305 e. The molecule has 1 amide bonds. The molecule has 3 N–H and O–H groups in total. The van der Waals surface area contributed by atoms with Gasteiger partial charge in [-0.3, -0.25) is 14.7 Å². The third-order valence-corrected chi connectivity index (χ3v) is 4.73. The molecule has 1 saturated carbocycles. The van der Waals surface area contributed by atoms with Gasteiger partial charge < -0.3 is 10.4 Å². The van der Waals surface area contributed by atoms with E-state index in [9.17, 15) is 9.59 Å². The summed E-state index contributed by atoms with van der Waals surface area (Å²) in [7, 11) is 0. The van der Waals surface area contributed by atoms with Crippen LogP contribution < -0.4 is 5.32 Å². The average molecular weight is 348 g/mol. The van der Waals surface area contributed by atoms with Gasteiger partial charge in [0.05, 0.1) is 22.7 Å². The first-order valence-corrected chi connectivity index (χ1v) is 8.21. The zero-order chi connectivity index (χ0) is 17.2. The highest BCUT2D eigenvalue weighted by molar-refractivity contribution is 6.33. The summed E-state index contributed by atoms with van der Waals surface area (Å²) < 4.78 is 0. The number of hydrogen-bond acceptors (Lipinski definition) is 3. The predicted octanol–water partition coefficient (Wildman–Crippen LogP) is 3.25. The average Bonchev–Trinajstić information content (AvgIpc) is 3.17. The molecule has 6 nitrogen and oxygen atoms in total. The van der Waals surface area contributed by atoms with Crippen LogP contribution in [0, 0.1) is 0 Å². The fraction of sp³-hybridized carbons (Fsp3) is 0.353. The monoisotopic (exact) mass is 347 g/mol. The Bertz CT molecular complexity index is 766. The summed E-state index contributed by atoms with van der Waals surface area (Å²) in [5.41, 5.74) is 0.931. The summed E-state index contributed by atoms with van der Waals surface area (Å²) in [5.74, 6) is -1.25. The van der Waals surface area contributed by atoms with E-state index in [1.807, 2.05) is 18.2 Å². The molecule has 3 rings (SSSR count). The molecule has 0 spiro atoms. The van der Waals surface area contributed by atoms with Crippen LogP contribution in [0.15, 0.2) is 30.3 Å². The van der Waals surface area contributed by atoms with Gasteiger partial charge in [0.1, 0.15) is 5.69 Å². The van der Waals surface area contributed by atoms with Crippen LogP contribution in [-0.2, 0) is 4.79 Å². The molecule has 2 aromatic rings. The molecule has 0 saturated heterocycles. The molecular weight excluding hydrogens is 330 g/mol. The van der Waals surface area contributed by atoms with Crippen molar-refractivity contribution in [2.75, 3.05) is 0 Å². The number of amides is 1. The minimum absolute atomic E-state index is 0.0652. The van der Waals surface area contributed by atoms with E-state index in [2.05, 4.69) is 15.5 Å². The minimum atomic E-state index is -0.904. The number of hydrogen-bond donors (Lipinski definition) is 3. The lowest BCUT2D eigenvalue weighted by Gasteiger charge is -2.28. The third-order valence-electron chi connectivity index (χ3n) is 4.40. The second-order valence-electron chi connectivity index (χ2n) is 6.16. The number of rotatable bonds is 5. The number of carbonyl (C=O) groups is 2. The highest BCUT2D eigenvalue weighted by atomic mass is 35.5.